The topological polar surface area (TPSA) is 0 Å². The van der Waals surface area contributed by atoms with Crippen LogP contribution in [0, 0.1) is 27.7 Å². The van der Waals surface area contributed by atoms with Gasteiger partial charge in [0.1, 0.15) is 22.1 Å². The molecule has 0 nitrogen and oxygen atoms in total. The maximum absolute atomic E-state index is 2.37. The highest BCUT2D eigenvalue weighted by molar-refractivity contribution is 7.79. The van der Waals surface area contributed by atoms with E-state index in [-0.39, 0.29) is 0 Å². The minimum atomic E-state index is -1.29. The molecule has 0 saturated carbocycles. The van der Waals surface area contributed by atoms with Gasteiger partial charge in [0.25, 0.3) is 0 Å². The van der Waals surface area contributed by atoms with Crippen LogP contribution in [0.5, 0.6) is 0 Å². The SMILES string of the molecule is Cc1cccc([B-](c2cccc(C)c2)(c2cccc(C)c2)c2cccc(C)c2)c1.c1ccc([PH+](c2ccccc2)c2ccccc2)cc1. The van der Waals surface area contributed by atoms with Crippen molar-refractivity contribution in [3.05, 3.63) is 210 Å². The van der Waals surface area contributed by atoms with E-state index >= 15 is 0 Å². The monoisotopic (exact) mass is 638 g/mol. The number of benzene rings is 7. The Hall–Kier alpha value is -4.97. The average molecular weight is 639 g/mol. The number of aryl methyl sites for hydroxylation is 4. The van der Waals surface area contributed by atoms with Gasteiger partial charge in [0.05, 0.1) is 7.92 Å². The zero-order chi connectivity index (χ0) is 33.3. The largest absolute Gasteiger partial charge is 0.195 e. The van der Waals surface area contributed by atoms with Gasteiger partial charge in [-0.3, -0.25) is 0 Å². The zero-order valence-electron chi connectivity index (χ0n) is 28.5. The summed E-state index contributed by atoms with van der Waals surface area (Å²) in [5.74, 6) is 0. The molecule has 0 saturated heterocycles. The van der Waals surface area contributed by atoms with Crippen LogP contribution >= 0.6 is 7.92 Å². The summed E-state index contributed by atoms with van der Waals surface area (Å²) in [5.41, 5.74) is 10.6. The third-order valence-corrected chi connectivity index (χ3v) is 12.1. The molecular formula is C46H44BP. The summed E-state index contributed by atoms with van der Waals surface area (Å²) in [6.45, 7) is 8.75. The van der Waals surface area contributed by atoms with E-state index in [2.05, 4.69) is 216 Å². The lowest BCUT2D eigenvalue weighted by molar-refractivity contribution is 1.46. The summed E-state index contributed by atoms with van der Waals surface area (Å²) < 4.78 is 0. The summed E-state index contributed by atoms with van der Waals surface area (Å²) in [6, 6.07) is 68.7. The van der Waals surface area contributed by atoms with Gasteiger partial charge in [-0.05, 0) is 64.1 Å². The van der Waals surface area contributed by atoms with E-state index in [0.29, 0.717) is 0 Å². The first-order chi connectivity index (χ1) is 23.4. The Bertz CT molecular complexity index is 1790. The van der Waals surface area contributed by atoms with Gasteiger partial charge >= 0.3 is 0 Å². The third kappa shape index (κ3) is 7.28. The van der Waals surface area contributed by atoms with Crippen molar-refractivity contribution in [1.29, 1.82) is 0 Å². The van der Waals surface area contributed by atoms with Crippen LogP contribution in [0.15, 0.2) is 188 Å². The fourth-order valence-corrected chi connectivity index (χ4v) is 9.80. The second kappa shape index (κ2) is 15.3. The second-order valence-corrected chi connectivity index (χ2v) is 15.5. The molecule has 0 fully saturated rings. The highest BCUT2D eigenvalue weighted by Crippen LogP contribution is 2.32. The van der Waals surface area contributed by atoms with Gasteiger partial charge in [0.2, 0.25) is 0 Å². The summed E-state index contributed by atoms with van der Waals surface area (Å²) in [4.78, 5) is 0. The highest BCUT2D eigenvalue weighted by Gasteiger charge is 2.32. The van der Waals surface area contributed by atoms with E-state index < -0.39 is 14.1 Å². The van der Waals surface area contributed by atoms with Crippen molar-refractivity contribution in [2.24, 2.45) is 0 Å². The van der Waals surface area contributed by atoms with Crippen LogP contribution in [0.4, 0.5) is 0 Å². The van der Waals surface area contributed by atoms with Gasteiger partial charge in [-0.15, -0.1) is 0 Å². The Kier molecular flexibility index (Phi) is 10.5. The lowest BCUT2D eigenvalue weighted by Crippen LogP contribution is -2.75. The standard InChI is InChI=1S/C28H28B.C18H15P/c1-21-9-5-13-25(17-21)29(26-14-6-10-22(2)18-26,27-15-7-11-23(3)19-27)28-16-8-12-24(4)20-28;1-4-10-16(11-5-1)19(17-12-6-2-7-13-17)18-14-8-3-9-15-18/h5-20H,1-4H3;1-15H/q-1;/p+1. The van der Waals surface area contributed by atoms with Crippen molar-refractivity contribution in [2.45, 2.75) is 27.7 Å². The molecule has 0 amide bonds. The van der Waals surface area contributed by atoms with Crippen LogP contribution in [-0.4, -0.2) is 6.15 Å². The van der Waals surface area contributed by atoms with Gasteiger partial charge in [-0.1, -0.05) is 174 Å². The fourth-order valence-electron chi connectivity index (χ4n) is 7.23. The molecule has 7 rings (SSSR count). The minimum absolute atomic E-state index is 0.877. The van der Waals surface area contributed by atoms with Gasteiger partial charge in [-0.2, -0.15) is 21.9 Å². The minimum Gasteiger partial charge on any atom is -0.195 e. The van der Waals surface area contributed by atoms with Crippen LogP contribution in [0.3, 0.4) is 0 Å². The molecule has 0 bridgehead atoms. The lowest BCUT2D eigenvalue weighted by atomic mass is 9.13. The molecule has 0 radical (unpaired) electrons. The first-order valence-corrected chi connectivity index (χ1v) is 18.4. The number of hydrogen-bond acceptors (Lipinski definition) is 0. The molecule has 0 unspecified atom stereocenters. The Balaban J connectivity index is 0.000000182. The molecule has 236 valence electrons. The van der Waals surface area contributed by atoms with Crippen molar-refractivity contribution < 1.29 is 0 Å². The molecule has 2 heteroatoms. The molecule has 0 heterocycles. The summed E-state index contributed by atoms with van der Waals surface area (Å²) in [6.07, 6.45) is -1.29. The second-order valence-electron chi connectivity index (χ2n) is 13.0. The molecule has 0 aliphatic rings. The number of rotatable bonds is 7. The Morgan fingerprint density at radius 2 is 0.542 bits per heavy atom. The van der Waals surface area contributed by atoms with Gasteiger partial charge < -0.3 is 0 Å². The van der Waals surface area contributed by atoms with Crippen LogP contribution < -0.4 is 37.8 Å². The van der Waals surface area contributed by atoms with Crippen LogP contribution in [0.1, 0.15) is 22.3 Å². The molecule has 0 aromatic heterocycles. The third-order valence-electron chi connectivity index (χ3n) is 9.36. The van der Waals surface area contributed by atoms with Gasteiger partial charge in [0.15, 0.2) is 0 Å². The van der Waals surface area contributed by atoms with Crippen molar-refractivity contribution >= 4 is 51.8 Å². The van der Waals surface area contributed by atoms with E-state index in [9.17, 15) is 0 Å². The van der Waals surface area contributed by atoms with E-state index in [1.807, 2.05) is 0 Å². The quantitative estimate of drug-likeness (QED) is 0.126. The van der Waals surface area contributed by atoms with E-state index in [1.54, 1.807) is 0 Å². The summed E-state index contributed by atoms with van der Waals surface area (Å²) >= 11 is 0. The van der Waals surface area contributed by atoms with E-state index in [4.69, 9.17) is 0 Å². The Morgan fingerprint density at radius 1 is 0.292 bits per heavy atom. The number of hydrogen-bond donors (Lipinski definition) is 0. The van der Waals surface area contributed by atoms with Crippen molar-refractivity contribution in [1.82, 2.24) is 0 Å². The molecule has 0 N–H and O–H groups in total. The normalized spacial score (nSPS) is 11.1. The predicted molar refractivity (Wildman–Crippen MR) is 216 cm³/mol. The van der Waals surface area contributed by atoms with Crippen LogP contribution in [-0.2, 0) is 0 Å². The first-order valence-electron chi connectivity index (χ1n) is 16.9. The maximum Gasteiger partial charge on any atom is 0.108 e. The van der Waals surface area contributed by atoms with Crippen LogP contribution in [0.25, 0.3) is 0 Å². The molecule has 48 heavy (non-hydrogen) atoms. The fraction of sp³-hybridized carbons (Fsp3) is 0.0870. The molecule has 0 spiro atoms. The molecule has 0 aliphatic heterocycles. The molecule has 0 atom stereocenters. The molecular weight excluding hydrogens is 594 g/mol. The predicted octanol–water partition coefficient (Wildman–Crippen LogP) is 7.47. The van der Waals surface area contributed by atoms with Crippen molar-refractivity contribution in [3.8, 4) is 0 Å². The maximum atomic E-state index is 2.37. The van der Waals surface area contributed by atoms with Gasteiger partial charge in [-0.25, -0.2) is 0 Å². The smallest absolute Gasteiger partial charge is 0.108 e. The zero-order valence-corrected chi connectivity index (χ0v) is 29.5. The van der Waals surface area contributed by atoms with Crippen LogP contribution in [0.2, 0.25) is 0 Å². The summed E-state index contributed by atoms with van der Waals surface area (Å²) in [7, 11) is -0.877. The Labute approximate surface area is 288 Å². The molecule has 7 aromatic rings. The molecule has 7 aromatic carbocycles. The highest BCUT2D eigenvalue weighted by atomic mass is 31.1. The Morgan fingerprint density at radius 3 is 0.771 bits per heavy atom. The average Bonchev–Trinajstić information content (AvgIpc) is 3.11. The van der Waals surface area contributed by atoms with Gasteiger partial charge in [0, 0.05) is 0 Å². The first kappa shape index (κ1) is 33.0. The van der Waals surface area contributed by atoms with E-state index in [1.165, 1.54) is 60.0 Å². The van der Waals surface area contributed by atoms with Crippen molar-refractivity contribution in [3.63, 3.8) is 0 Å². The molecule has 0 aliphatic carbocycles. The van der Waals surface area contributed by atoms with E-state index in [0.717, 1.165) is 0 Å². The van der Waals surface area contributed by atoms with Crippen molar-refractivity contribution in [2.75, 3.05) is 0 Å². The lowest BCUT2D eigenvalue weighted by Gasteiger charge is -2.45. The summed E-state index contributed by atoms with van der Waals surface area (Å²) in [5, 5.41) is 4.31.